The first kappa shape index (κ1) is 19.0. The highest BCUT2D eigenvalue weighted by Crippen LogP contribution is 2.26. The summed E-state index contributed by atoms with van der Waals surface area (Å²) in [6.07, 6.45) is 0.101. The van der Waals surface area contributed by atoms with Crippen LogP contribution < -0.4 is 0 Å². The molecule has 136 valence electrons. The van der Waals surface area contributed by atoms with Crippen molar-refractivity contribution in [3.8, 4) is 0 Å². The Morgan fingerprint density at radius 3 is 2.40 bits per heavy atom. The number of carbonyl (C=O) groups excluding carboxylic acids is 3. The molecule has 1 aromatic carbocycles. The van der Waals surface area contributed by atoms with E-state index in [0.717, 1.165) is 10.5 Å². The molecule has 0 saturated carbocycles. The molecule has 1 heterocycles. The van der Waals surface area contributed by atoms with Crippen LogP contribution in [0.2, 0.25) is 0 Å². The molecule has 2 atom stereocenters. The van der Waals surface area contributed by atoms with Gasteiger partial charge in [0.15, 0.2) is 0 Å². The second-order valence-electron chi connectivity index (χ2n) is 7.28. The molecule has 0 aromatic heterocycles. The smallest absolute Gasteiger partial charge is 0.417 e. The standard InChI is InChI=1S/C19H25NO5/c1-13-10-11-15(17(22)25-19(2,3)4)20(16(13)21)18(23)24-12-14-8-6-5-7-9-14/h5-9,13,15H,10-12H2,1-4H3/t13-,15-/m0/s1. The van der Waals surface area contributed by atoms with Crippen LogP contribution in [0.5, 0.6) is 0 Å². The molecule has 1 aliphatic heterocycles. The van der Waals surface area contributed by atoms with Crippen LogP contribution in [0.3, 0.4) is 0 Å². The van der Waals surface area contributed by atoms with Crippen LogP contribution in [-0.4, -0.2) is 34.5 Å². The summed E-state index contributed by atoms with van der Waals surface area (Å²) < 4.78 is 10.6. The monoisotopic (exact) mass is 347 g/mol. The maximum atomic E-state index is 12.5. The van der Waals surface area contributed by atoms with Gasteiger partial charge >= 0.3 is 12.1 Å². The van der Waals surface area contributed by atoms with Crippen LogP contribution in [-0.2, 0) is 25.7 Å². The topological polar surface area (TPSA) is 72.9 Å². The highest BCUT2D eigenvalue weighted by molar-refractivity contribution is 5.98. The summed E-state index contributed by atoms with van der Waals surface area (Å²) in [5.41, 5.74) is 0.116. The summed E-state index contributed by atoms with van der Waals surface area (Å²) in [5.74, 6) is -1.31. The average molecular weight is 347 g/mol. The van der Waals surface area contributed by atoms with Gasteiger partial charge in [-0.25, -0.2) is 14.5 Å². The van der Waals surface area contributed by atoms with Gasteiger partial charge in [0.25, 0.3) is 0 Å². The first-order valence-electron chi connectivity index (χ1n) is 8.45. The van der Waals surface area contributed by atoms with E-state index in [9.17, 15) is 14.4 Å². The third-order valence-corrected chi connectivity index (χ3v) is 3.92. The Hall–Kier alpha value is -2.37. The molecule has 1 fully saturated rings. The molecule has 0 N–H and O–H groups in total. The maximum Gasteiger partial charge on any atom is 0.417 e. The Bertz CT molecular complexity index is 635. The van der Waals surface area contributed by atoms with Gasteiger partial charge in [-0.2, -0.15) is 0 Å². The number of benzene rings is 1. The number of ether oxygens (including phenoxy) is 2. The maximum absolute atomic E-state index is 12.5. The number of piperidine rings is 1. The summed E-state index contributed by atoms with van der Waals surface area (Å²) in [5, 5.41) is 0. The third kappa shape index (κ3) is 5.05. The van der Waals surface area contributed by atoms with Gasteiger partial charge in [0.05, 0.1) is 0 Å². The molecular formula is C19H25NO5. The van der Waals surface area contributed by atoms with E-state index in [1.54, 1.807) is 27.7 Å². The lowest BCUT2D eigenvalue weighted by atomic mass is 9.93. The van der Waals surface area contributed by atoms with Gasteiger partial charge in [0.1, 0.15) is 18.2 Å². The number of rotatable bonds is 3. The van der Waals surface area contributed by atoms with Crippen LogP contribution in [0, 0.1) is 5.92 Å². The number of likely N-dealkylation sites (tertiary alicyclic amines) is 1. The Kier molecular flexibility index (Phi) is 5.82. The van der Waals surface area contributed by atoms with E-state index in [2.05, 4.69) is 0 Å². The minimum atomic E-state index is -0.939. The van der Waals surface area contributed by atoms with E-state index in [-0.39, 0.29) is 12.5 Å². The van der Waals surface area contributed by atoms with Crippen LogP contribution in [0.25, 0.3) is 0 Å². The summed E-state index contributed by atoms with van der Waals surface area (Å²) in [6.45, 7) is 7.02. The van der Waals surface area contributed by atoms with Crippen LogP contribution in [0.15, 0.2) is 30.3 Å². The van der Waals surface area contributed by atoms with Gasteiger partial charge in [-0.1, -0.05) is 37.3 Å². The second kappa shape index (κ2) is 7.68. The summed E-state index contributed by atoms with van der Waals surface area (Å²) in [7, 11) is 0. The van der Waals surface area contributed by atoms with Gasteiger partial charge in [-0.15, -0.1) is 0 Å². The van der Waals surface area contributed by atoms with Gasteiger partial charge in [-0.3, -0.25) is 4.79 Å². The number of nitrogens with zero attached hydrogens (tertiary/aromatic N) is 1. The molecule has 25 heavy (non-hydrogen) atoms. The molecule has 6 nitrogen and oxygen atoms in total. The van der Waals surface area contributed by atoms with Crippen molar-refractivity contribution in [2.75, 3.05) is 0 Å². The Balaban J connectivity index is 2.11. The Morgan fingerprint density at radius 2 is 1.80 bits per heavy atom. The van der Waals surface area contributed by atoms with Crippen molar-refractivity contribution in [3.05, 3.63) is 35.9 Å². The molecule has 1 saturated heterocycles. The number of hydrogen-bond donors (Lipinski definition) is 0. The SMILES string of the molecule is C[C@H]1CC[C@@H](C(=O)OC(C)(C)C)N(C(=O)OCc2ccccc2)C1=O. The first-order valence-corrected chi connectivity index (χ1v) is 8.45. The average Bonchev–Trinajstić information content (AvgIpc) is 2.54. The lowest BCUT2D eigenvalue weighted by Crippen LogP contribution is -2.55. The zero-order valence-electron chi connectivity index (χ0n) is 15.2. The van der Waals surface area contributed by atoms with Crippen molar-refractivity contribution < 1.29 is 23.9 Å². The van der Waals surface area contributed by atoms with E-state index in [1.807, 2.05) is 30.3 Å². The summed E-state index contributed by atoms with van der Waals surface area (Å²) >= 11 is 0. The van der Waals surface area contributed by atoms with Gasteiger partial charge in [0, 0.05) is 5.92 Å². The van der Waals surface area contributed by atoms with Crippen LogP contribution in [0.1, 0.15) is 46.1 Å². The molecule has 0 spiro atoms. The van der Waals surface area contributed by atoms with Crippen LogP contribution >= 0.6 is 0 Å². The fourth-order valence-electron chi connectivity index (χ4n) is 2.65. The Labute approximate surface area is 148 Å². The van der Waals surface area contributed by atoms with Crippen molar-refractivity contribution in [2.45, 2.75) is 58.8 Å². The van der Waals surface area contributed by atoms with Crippen LogP contribution in [0.4, 0.5) is 4.79 Å². The Morgan fingerprint density at radius 1 is 1.16 bits per heavy atom. The van der Waals surface area contributed by atoms with Gasteiger partial charge in [0.2, 0.25) is 5.91 Å². The molecular weight excluding hydrogens is 322 g/mol. The molecule has 6 heteroatoms. The number of carbonyl (C=O) groups is 3. The number of esters is 1. The first-order chi connectivity index (χ1) is 11.7. The van der Waals surface area contributed by atoms with Crippen molar-refractivity contribution in [1.82, 2.24) is 4.90 Å². The molecule has 0 unspecified atom stereocenters. The van der Waals surface area contributed by atoms with E-state index in [4.69, 9.17) is 9.47 Å². The second-order valence-corrected chi connectivity index (χ2v) is 7.28. The predicted molar refractivity (Wildman–Crippen MR) is 91.5 cm³/mol. The van der Waals surface area contributed by atoms with Crippen molar-refractivity contribution in [1.29, 1.82) is 0 Å². The van der Waals surface area contributed by atoms with Gasteiger partial charge < -0.3 is 9.47 Å². The zero-order chi connectivity index (χ0) is 18.6. The highest BCUT2D eigenvalue weighted by Gasteiger charge is 2.43. The molecule has 0 bridgehead atoms. The minimum absolute atomic E-state index is 0.0405. The molecule has 1 aromatic rings. The normalized spacial score (nSPS) is 21.0. The van der Waals surface area contributed by atoms with Gasteiger partial charge in [-0.05, 0) is 39.2 Å². The molecule has 2 amide bonds. The lowest BCUT2D eigenvalue weighted by Gasteiger charge is -2.35. The van der Waals surface area contributed by atoms with E-state index >= 15 is 0 Å². The predicted octanol–water partition coefficient (Wildman–Crippen LogP) is 3.29. The third-order valence-electron chi connectivity index (χ3n) is 3.92. The lowest BCUT2D eigenvalue weighted by molar-refractivity contribution is -0.167. The summed E-state index contributed by atoms with van der Waals surface area (Å²) in [4.78, 5) is 38.3. The molecule has 0 aliphatic carbocycles. The number of imide groups is 1. The minimum Gasteiger partial charge on any atom is -0.458 e. The van der Waals surface area contributed by atoms with Crippen molar-refractivity contribution in [2.24, 2.45) is 5.92 Å². The van der Waals surface area contributed by atoms with Crippen molar-refractivity contribution >= 4 is 18.0 Å². The summed E-state index contributed by atoms with van der Waals surface area (Å²) in [6, 6.07) is 8.23. The fraction of sp³-hybridized carbons (Fsp3) is 0.526. The fourth-order valence-corrected chi connectivity index (χ4v) is 2.65. The van der Waals surface area contributed by atoms with E-state index in [1.165, 1.54) is 0 Å². The van der Waals surface area contributed by atoms with Crippen molar-refractivity contribution in [3.63, 3.8) is 0 Å². The molecule has 0 radical (unpaired) electrons. The van der Waals surface area contributed by atoms with E-state index < -0.39 is 29.6 Å². The number of amides is 2. The number of hydrogen-bond acceptors (Lipinski definition) is 5. The highest BCUT2D eigenvalue weighted by atomic mass is 16.6. The largest absolute Gasteiger partial charge is 0.458 e. The zero-order valence-corrected chi connectivity index (χ0v) is 15.2. The quantitative estimate of drug-likeness (QED) is 0.785. The molecule has 2 rings (SSSR count). The molecule has 1 aliphatic rings. The van der Waals surface area contributed by atoms with E-state index in [0.29, 0.717) is 12.8 Å².